The lowest BCUT2D eigenvalue weighted by atomic mass is 10.00. The molecule has 0 aliphatic heterocycles. The molecule has 1 aromatic rings. The fraction of sp³-hybridized carbons (Fsp3) is 0.300. The zero-order valence-corrected chi connectivity index (χ0v) is 8.33. The highest BCUT2D eigenvalue weighted by molar-refractivity contribution is 5.91. The SMILES string of the molecule is Cc1cc(CN)cc(C(=O)ON)c1C. The van der Waals surface area contributed by atoms with Crippen molar-refractivity contribution in [3.05, 3.63) is 34.4 Å². The monoisotopic (exact) mass is 194 g/mol. The quantitative estimate of drug-likeness (QED) is 0.682. The summed E-state index contributed by atoms with van der Waals surface area (Å²) in [6.45, 7) is 4.16. The van der Waals surface area contributed by atoms with Crippen molar-refractivity contribution in [2.45, 2.75) is 20.4 Å². The number of nitrogens with two attached hydrogens (primary N) is 2. The van der Waals surface area contributed by atoms with Crippen LogP contribution in [0.4, 0.5) is 0 Å². The van der Waals surface area contributed by atoms with Gasteiger partial charge in [0.1, 0.15) is 0 Å². The van der Waals surface area contributed by atoms with E-state index < -0.39 is 5.97 Å². The van der Waals surface area contributed by atoms with Crippen LogP contribution in [-0.4, -0.2) is 5.97 Å². The van der Waals surface area contributed by atoms with Crippen LogP contribution in [0, 0.1) is 13.8 Å². The molecule has 14 heavy (non-hydrogen) atoms. The Bertz CT molecular complexity index is 361. The average molecular weight is 194 g/mol. The lowest BCUT2D eigenvalue weighted by Gasteiger charge is -2.08. The van der Waals surface area contributed by atoms with E-state index in [1.807, 2.05) is 19.9 Å². The summed E-state index contributed by atoms with van der Waals surface area (Å²) in [5.41, 5.74) is 8.75. The molecule has 0 fully saturated rings. The summed E-state index contributed by atoms with van der Waals surface area (Å²) < 4.78 is 0. The highest BCUT2D eigenvalue weighted by Gasteiger charge is 2.12. The second-order valence-corrected chi connectivity index (χ2v) is 3.19. The van der Waals surface area contributed by atoms with E-state index in [4.69, 9.17) is 11.6 Å². The number of hydrogen-bond acceptors (Lipinski definition) is 4. The summed E-state index contributed by atoms with van der Waals surface area (Å²) in [7, 11) is 0. The van der Waals surface area contributed by atoms with Crippen molar-refractivity contribution in [2.75, 3.05) is 0 Å². The molecule has 1 rings (SSSR count). The van der Waals surface area contributed by atoms with Crippen LogP contribution in [0.15, 0.2) is 12.1 Å². The highest BCUT2D eigenvalue weighted by atomic mass is 16.7. The third kappa shape index (κ3) is 1.92. The van der Waals surface area contributed by atoms with Crippen LogP contribution in [0.5, 0.6) is 0 Å². The van der Waals surface area contributed by atoms with Gasteiger partial charge >= 0.3 is 5.97 Å². The Morgan fingerprint density at radius 2 is 2.07 bits per heavy atom. The molecule has 76 valence electrons. The third-order valence-electron chi connectivity index (χ3n) is 2.29. The molecule has 0 bridgehead atoms. The lowest BCUT2D eigenvalue weighted by molar-refractivity contribution is 0.0502. The molecular formula is C10H14N2O2. The summed E-state index contributed by atoms with van der Waals surface area (Å²) >= 11 is 0. The van der Waals surface area contributed by atoms with Crippen LogP contribution in [-0.2, 0) is 11.4 Å². The maximum absolute atomic E-state index is 11.3. The molecule has 0 aromatic heterocycles. The Morgan fingerprint density at radius 3 is 2.57 bits per heavy atom. The van der Waals surface area contributed by atoms with E-state index in [2.05, 4.69) is 4.84 Å². The molecule has 0 radical (unpaired) electrons. The second kappa shape index (κ2) is 4.21. The molecule has 0 saturated heterocycles. The first-order valence-corrected chi connectivity index (χ1v) is 4.31. The van der Waals surface area contributed by atoms with Crippen LogP contribution in [0.1, 0.15) is 27.0 Å². The molecule has 0 atom stereocenters. The van der Waals surface area contributed by atoms with E-state index in [0.717, 1.165) is 16.7 Å². The summed E-state index contributed by atoms with van der Waals surface area (Å²) in [4.78, 5) is 15.5. The summed E-state index contributed by atoms with van der Waals surface area (Å²) in [5, 5.41) is 0. The van der Waals surface area contributed by atoms with Gasteiger partial charge in [0.25, 0.3) is 0 Å². The van der Waals surface area contributed by atoms with Gasteiger partial charge in [-0.2, -0.15) is 5.90 Å². The summed E-state index contributed by atoms with van der Waals surface area (Å²) in [5.74, 6) is 4.31. The molecule has 4 heteroatoms. The molecule has 1 aromatic carbocycles. The first-order valence-electron chi connectivity index (χ1n) is 4.31. The fourth-order valence-corrected chi connectivity index (χ4v) is 1.33. The number of carbonyl (C=O) groups is 1. The number of aryl methyl sites for hydroxylation is 1. The van der Waals surface area contributed by atoms with Gasteiger partial charge in [0.15, 0.2) is 0 Å². The summed E-state index contributed by atoms with van der Waals surface area (Å²) in [6.07, 6.45) is 0. The topological polar surface area (TPSA) is 78.3 Å². The minimum Gasteiger partial charge on any atom is -0.370 e. The molecule has 0 aliphatic carbocycles. The summed E-state index contributed by atoms with van der Waals surface area (Å²) in [6, 6.07) is 3.65. The molecule has 0 saturated carbocycles. The molecule has 4 nitrogen and oxygen atoms in total. The van der Waals surface area contributed by atoms with Gasteiger partial charge in [-0.25, -0.2) is 4.79 Å². The second-order valence-electron chi connectivity index (χ2n) is 3.19. The van der Waals surface area contributed by atoms with Gasteiger partial charge in [-0.1, -0.05) is 6.07 Å². The normalized spacial score (nSPS) is 10.0. The number of carbonyl (C=O) groups excluding carboxylic acids is 1. The van der Waals surface area contributed by atoms with Crippen molar-refractivity contribution >= 4 is 5.97 Å². The Labute approximate surface area is 82.8 Å². The van der Waals surface area contributed by atoms with Crippen LogP contribution < -0.4 is 11.6 Å². The molecule has 0 unspecified atom stereocenters. The van der Waals surface area contributed by atoms with Gasteiger partial charge in [-0.05, 0) is 36.6 Å². The van der Waals surface area contributed by atoms with Crippen molar-refractivity contribution in [3.63, 3.8) is 0 Å². The number of hydrogen-bond donors (Lipinski definition) is 2. The van der Waals surface area contributed by atoms with Gasteiger partial charge in [-0.3, -0.25) is 0 Å². The van der Waals surface area contributed by atoms with Gasteiger partial charge in [-0.15, -0.1) is 0 Å². The van der Waals surface area contributed by atoms with Crippen molar-refractivity contribution in [3.8, 4) is 0 Å². The standard InChI is InChI=1S/C10H14N2O2/c1-6-3-8(5-11)4-9(7(6)2)10(13)14-12/h3-4H,5,11-12H2,1-2H3. The number of rotatable bonds is 2. The van der Waals surface area contributed by atoms with E-state index in [9.17, 15) is 4.79 Å². The lowest BCUT2D eigenvalue weighted by Crippen LogP contribution is -2.13. The smallest absolute Gasteiger partial charge is 0.356 e. The van der Waals surface area contributed by atoms with E-state index in [-0.39, 0.29) is 0 Å². The zero-order chi connectivity index (χ0) is 10.7. The van der Waals surface area contributed by atoms with Crippen molar-refractivity contribution < 1.29 is 9.63 Å². The zero-order valence-electron chi connectivity index (χ0n) is 8.33. The van der Waals surface area contributed by atoms with Crippen molar-refractivity contribution in [1.82, 2.24) is 0 Å². The largest absolute Gasteiger partial charge is 0.370 e. The van der Waals surface area contributed by atoms with E-state index in [1.165, 1.54) is 0 Å². The minimum atomic E-state index is -0.527. The van der Waals surface area contributed by atoms with Crippen LogP contribution in [0.3, 0.4) is 0 Å². The van der Waals surface area contributed by atoms with Crippen molar-refractivity contribution in [2.24, 2.45) is 11.6 Å². The molecular weight excluding hydrogens is 180 g/mol. The Kier molecular flexibility index (Phi) is 3.22. The third-order valence-corrected chi connectivity index (χ3v) is 2.29. The fourth-order valence-electron chi connectivity index (χ4n) is 1.33. The molecule has 0 aliphatic rings. The first kappa shape index (κ1) is 10.7. The molecule has 0 amide bonds. The van der Waals surface area contributed by atoms with E-state index in [1.54, 1.807) is 6.07 Å². The van der Waals surface area contributed by atoms with Gasteiger partial charge < -0.3 is 10.6 Å². The molecule has 4 N–H and O–H groups in total. The van der Waals surface area contributed by atoms with Gasteiger partial charge in [0.05, 0.1) is 5.56 Å². The highest BCUT2D eigenvalue weighted by Crippen LogP contribution is 2.16. The van der Waals surface area contributed by atoms with Crippen LogP contribution in [0.25, 0.3) is 0 Å². The molecule has 0 heterocycles. The molecule has 0 spiro atoms. The predicted molar refractivity (Wildman–Crippen MR) is 53.4 cm³/mol. The Hall–Kier alpha value is -1.39. The minimum absolute atomic E-state index is 0.395. The van der Waals surface area contributed by atoms with Crippen molar-refractivity contribution in [1.29, 1.82) is 0 Å². The Balaban J connectivity index is 3.27. The van der Waals surface area contributed by atoms with Gasteiger partial charge in [0, 0.05) is 6.54 Å². The van der Waals surface area contributed by atoms with Crippen LogP contribution in [0.2, 0.25) is 0 Å². The van der Waals surface area contributed by atoms with Gasteiger partial charge in [0.2, 0.25) is 0 Å². The first-order chi connectivity index (χ1) is 6.60. The predicted octanol–water partition coefficient (Wildman–Crippen LogP) is 0.793. The van der Waals surface area contributed by atoms with Crippen LogP contribution >= 0.6 is 0 Å². The maximum Gasteiger partial charge on any atom is 0.356 e. The average Bonchev–Trinajstić information content (AvgIpc) is 2.20. The number of benzene rings is 1. The van der Waals surface area contributed by atoms with E-state index >= 15 is 0 Å². The maximum atomic E-state index is 11.3. The van der Waals surface area contributed by atoms with E-state index in [0.29, 0.717) is 12.1 Å². The Morgan fingerprint density at radius 1 is 1.43 bits per heavy atom.